The van der Waals surface area contributed by atoms with Crippen LogP contribution in [-0.2, 0) is 6.54 Å². The normalized spacial score (nSPS) is 22.4. The molecule has 0 spiro atoms. The van der Waals surface area contributed by atoms with Crippen LogP contribution in [0.5, 0.6) is 0 Å². The minimum absolute atomic E-state index is 0.539. The molecule has 0 saturated carbocycles. The molecule has 0 amide bonds. The average molecular weight is 262 g/mol. The molecule has 106 valence electrons. The van der Waals surface area contributed by atoms with Gasteiger partial charge >= 0.3 is 0 Å². The van der Waals surface area contributed by atoms with Gasteiger partial charge in [0.1, 0.15) is 0 Å². The molecule has 1 fully saturated rings. The van der Waals surface area contributed by atoms with Gasteiger partial charge in [0, 0.05) is 31.5 Å². The van der Waals surface area contributed by atoms with Crippen LogP contribution in [0.15, 0.2) is 12.4 Å². The Kier molecular flexibility index (Phi) is 5.28. The van der Waals surface area contributed by atoms with Crippen molar-refractivity contribution in [3.63, 3.8) is 0 Å². The highest BCUT2D eigenvalue weighted by atomic mass is 15.1. The molecule has 4 nitrogen and oxygen atoms in total. The summed E-state index contributed by atoms with van der Waals surface area (Å²) in [6.07, 6.45) is 6.37. The van der Waals surface area contributed by atoms with E-state index in [1.807, 2.05) is 19.3 Å². The fourth-order valence-corrected chi connectivity index (χ4v) is 2.73. The van der Waals surface area contributed by atoms with Gasteiger partial charge in [-0.1, -0.05) is 6.92 Å². The molecule has 4 heteroatoms. The molecule has 2 unspecified atom stereocenters. The summed E-state index contributed by atoms with van der Waals surface area (Å²) in [5, 5.41) is 3.60. The molecule has 1 aromatic rings. The van der Waals surface area contributed by atoms with Crippen LogP contribution in [-0.4, -0.2) is 40.5 Å². The fourth-order valence-electron chi connectivity index (χ4n) is 2.73. The SMILES string of the molecule is CCN1CCCC(C(C)NCc2cnc(C)cn2)C1. The van der Waals surface area contributed by atoms with E-state index in [0.717, 1.165) is 23.9 Å². The van der Waals surface area contributed by atoms with Gasteiger partial charge in [-0.15, -0.1) is 0 Å². The second kappa shape index (κ2) is 6.96. The van der Waals surface area contributed by atoms with E-state index >= 15 is 0 Å². The molecular formula is C15H26N4. The van der Waals surface area contributed by atoms with E-state index in [9.17, 15) is 0 Å². The Bertz CT molecular complexity index is 376. The maximum absolute atomic E-state index is 4.39. The van der Waals surface area contributed by atoms with Gasteiger partial charge in [0.2, 0.25) is 0 Å². The van der Waals surface area contributed by atoms with Crippen LogP contribution in [0.1, 0.15) is 38.1 Å². The Balaban J connectivity index is 1.80. The predicted molar refractivity (Wildman–Crippen MR) is 77.9 cm³/mol. The van der Waals surface area contributed by atoms with Crippen molar-refractivity contribution < 1.29 is 0 Å². The van der Waals surface area contributed by atoms with Gasteiger partial charge in [-0.3, -0.25) is 9.97 Å². The average Bonchev–Trinajstić information content (AvgIpc) is 2.46. The molecule has 0 aromatic carbocycles. The number of hydrogen-bond donors (Lipinski definition) is 1. The maximum atomic E-state index is 4.39. The summed E-state index contributed by atoms with van der Waals surface area (Å²) in [5.74, 6) is 0.757. The lowest BCUT2D eigenvalue weighted by Crippen LogP contribution is -2.44. The third-order valence-electron chi connectivity index (χ3n) is 4.14. The van der Waals surface area contributed by atoms with Crippen molar-refractivity contribution in [1.29, 1.82) is 0 Å². The highest BCUT2D eigenvalue weighted by molar-refractivity contribution is 5.00. The van der Waals surface area contributed by atoms with E-state index in [4.69, 9.17) is 0 Å². The molecule has 1 aliphatic rings. The molecule has 2 rings (SSSR count). The molecule has 1 aliphatic heterocycles. The molecule has 0 aliphatic carbocycles. The minimum Gasteiger partial charge on any atom is -0.308 e. The number of nitrogens with zero attached hydrogens (tertiary/aromatic N) is 3. The molecular weight excluding hydrogens is 236 g/mol. The predicted octanol–water partition coefficient (Wildman–Crippen LogP) is 2.00. The molecule has 2 atom stereocenters. The van der Waals surface area contributed by atoms with Gasteiger partial charge in [-0.2, -0.15) is 0 Å². The number of aromatic nitrogens is 2. The van der Waals surface area contributed by atoms with Crippen molar-refractivity contribution in [3.8, 4) is 0 Å². The number of rotatable bonds is 5. The third-order valence-corrected chi connectivity index (χ3v) is 4.14. The molecule has 2 heterocycles. The van der Waals surface area contributed by atoms with Gasteiger partial charge in [0.25, 0.3) is 0 Å². The van der Waals surface area contributed by atoms with Crippen molar-refractivity contribution in [2.45, 2.75) is 46.2 Å². The summed E-state index contributed by atoms with van der Waals surface area (Å²) in [6.45, 7) is 11.0. The summed E-state index contributed by atoms with van der Waals surface area (Å²) < 4.78 is 0. The lowest BCUT2D eigenvalue weighted by atomic mass is 9.91. The highest BCUT2D eigenvalue weighted by Crippen LogP contribution is 2.19. The molecule has 1 saturated heterocycles. The first-order chi connectivity index (χ1) is 9.19. The van der Waals surface area contributed by atoms with E-state index in [1.54, 1.807) is 0 Å². The van der Waals surface area contributed by atoms with Crippen molar-refractivity contribution in [1.82, 2.24) is 20.2 Å². The topological polar surface area (TPSA) is 41.0 Å². The number of nitrogens with one attached hydrogen (secondary N) is 1. The Morgan fingerprint density at radius 3 is 2.95 bits per heavy atom. The third kappa shape index (κ3) is 4.25. The zero-order valence-electron chi connectivity index (χ0n) is 12.4. The van der Waals surface area contributed by atoms with E-state index in [-0.39, 0.29) is 0 Å². The van der Waals surface area contributed by atoms with Crippen LogP contribution >= 0.6 is 0 Å². The lowest BCUT2D eigenvalue weighted by molar-refractivity contribution is 0.156. The fraction of sp³-hybridized carbons (Fsp3) is 0.733. The Morgan fingerprint density at radius 1 is 1.42 bits per heavy atom. The van der Waals surface area contributed by atoms with E-state index in [1.165, 1.54) is 32.5 Å². The second-order valence-corrected chi connectivity index (χ2v) is 5.61. The van der Waals surface area contributed by atoms with Gasteiger partial charge in [0.05, 0.1) is 11.4 Å². The Morgan fingerprint density at radius 2 is 2.26 bits per heavy atom. The maximum Gasteiger partial charge on any atom is 0.0724 e. The molecule has 1 N–H and O–H groups in total. The van der Waals surface area contributed by atoms with E-state index in [2.05, 4.69) is 34.0 Å². The number of likely N-dealkylation sites (tertiary alicyclic amines) is 1. The number of hydrogen-bond acceptors (Lipinski definition) is 4. The van der Waals surface area contributed by atoms with Crippen LogP contribution in [0.3, 0.4) is 0 Å². The quantitative estimate of drug-likeness (QED) is 0.881. The van der Waals surface area contributed by atoms with E-state index < -0.39 is 0 Å². The second-order valence-electron chi connectivity index (χ2n) is 5.61. The number of aryl methyl sites for hydroxylation is 1. The van der Waals surface area contributed by atoms with Gasteiger partial charge in [-0.25, -0.2) is 0 Å². The lowest BCUT2D eigenvalue weighted by Gasteiger charge is -2.35. The van der Waals surface area contributed by atoms with Crippen molar-refractivity contribution in [2.75, 3.05) is 19.6 Å². The Labute approximate surface area is 116 Å². The van der Waals surface area contributed by atoms with Crippen LogP contribution < -0.4 is 5.32 Å². The van der Waals surface area contributed by atoms with Crippen LogP contribution in [0, 0.1) is 12.8 Å². The van der Waals surface area contributed by atoms with Crippen LogP contribution in [0.25, 0.3) is 0 Å². The zero-order chi connectivity index (χ0) is 13.7. The first-order valence-electron chi connectivity index (χ1n) is 7.42. The van der Waals surface area contributed by atoms with Crippen LogP contribution in [0.4, 0.5) is 0 Å². The van der Waals surface area contributed by atoms with E-state index in [0.29, 0.717) is 6.04 Å². The molecule has 19 heavy (non-hydrogen) atoms. The van der Waals surface area contributed by atoms with Gasteiger partial charge in [-0.05, 0) is 45.7 Å². The van der Waals surface area contributed by atoms with Crippen molar-refractivity contribution >= 4 is 0 Å². The van der Waals surface area contributed by atoms with Crippen molar-refractivity contribution in [3.05, 3.63) is 23.8 Å². The minimum atomic E-state index is 0.539. The zero-order valence-corrected chi connectivity index (χ0v) is 12.4. The molecule has 1 aromatic heterocycles. The molecule has 0 bridgehead atoms. The highest BCUT2D eigenvalue weighted by Gasteiger charge is 2.23. The number of piperidine rings is 1. The first kappa shape index (κ1) is 14.4. The van der Waals surface area contributed by atoms with Crippen LogP contribution in [0.2, 0.25) is 0 Å². The molecule has 0 radical (unpaired) electrons. The summed E-state index contributed by atoms with van der Waals surface area (Å²) in [5.41, 5.74) is 2.00. The summed E-state index contributed by atoms with van der Waals surface area (Å²) in [4.78, 5) is 11.2. The van der Waals surface area contributed by atoms with Gasteiger partial charge in [0.15, 0.2) is 0 Å². The van der Waals surface area contributed by atoms with Gasteiger partial charge < -0.3 is 10.2 Å². The largest absolute Gasteiger partial charge is 0.308 e. The summed E-state index contributed by atoms with van der Waals surface area (Å²) in [6, 6.07) is 0.539. The van der Waals surface area contributed by atoms with Crippen molar-refractivity contribution in [2.24, 2.45) is 5.92 Å². The monoisotopic (exact) mass is 262 g/mol. The standard InChI is InChI=1S/C15H26N4/c1-4-19-7-5-6-14(11-19)13(3)17-10-15-9-16-12(2)8-18-15/h8-9,13-14,17H,4-7,10-11H2,1-3H3. The summed E-state index contributed by atoms with van der Waals surface area (Å²) >= 11 is 0. The first-order valence-corrected chi connectivity index (χ1v) is 7.42. The summed E-state index contributed by atoms with van der Waals surface area (Å²) in [7, 11) is 0. The smallest absolute Gasteiger partial charge is 0.0724 e. The Hall–Kier alpha value is -1.00.